The topological polar surface area (TPSA) is 67.5 Å². The first-order valence-corrected chi connectivity index (χ1v) is 6.23. The van der Waals surface area contributed by atoms with Gasteiger partial charge in [-0.3, -0.25) is 4.21 Å². The SMILES string of the molecule is O=C(O)c1ccoc1CS(=O)c1ccccc1. The summed E-state index contributed by atoms with van der Waals surface area (Å²) in [7, 11) is -1.30. The molecule has 1 unspecified atom stereocenters. The van der Waals surface area contributed by atoms with Crippen molar-refractivity contribution in [3.05, 3.63) is 54.0 Å². The third-order valence-electron chi connectivity index (χ3n) is 2.24. The van der Waals surface area contributed by atoms with Crippen LogP contribution in [0, 0.1) is 0 Å². The Morgan fingerprint density at radius 3 is 2.59 bits per heavy atom. The third-order valence-corrected chi connectivity index (χ3v) is 3.57. The van der Waals surface area contributed by atoms with Crippen LogP contribution in [0.2, 0.25) is 0 Å². The lowest BCUT2D eigenvalue weighted by atomic mass is 10.3. The maximum Gasteiger partial charge on any atom is 0.339 e. The van der Waals surface area contributed by atoms with Crippen molar-refractivity contribution in [2.24, 2.45) is 0 Å². The average Bonchev–Trinajstić information content (AvgIpc) is 2.78. The highest BCUT2D eigenvalue weighted by atomic mass is 32.2. The molecule has 1 aromatic carbocycles. The molecule has 0 aliphatic heterocycles. The fourth-order valence-electron chi connectivity index (χ4n) is 1.42. The van der Waals surface area contributed by atoms with Crippen LogP contribution in [-0.2, 0) is 16.6 Å². The van der Waals surface area contributed by atoms with Crippen LogP contribution in [0.4, 0.5) is 0 Å². The molecular formula is C12H10O4S. The minimum Gasteiger partial charge on any atom is -0.478 e. The van der Waals surface area contributed by atoms with Gasteiger partial charge in [-0.15, -0.1) is 0 Å². The third kappa shape index (κ3) is 2.62. The van der Waals surface area contributed by atoms with Crippen molar-refractivity contribution >= 4 is 16.8 Å². The highest BCUT2D eigenvalue weighted by molar-refractivity contribution is 7.84. The number of hydrogen-bond donors (Lipinski definition) is 1. The van der Waals surface area contributed by atoms with Gasteiger partial charge in [0.25, 0.3) is 0 Å². The molecule has 0 amide bonds. The summed E-state index contributed by atoms with van der Waals surface area (Å²) in [6.07, 6.45) is 1.29. The normalized spacial score (nSPS) is 12.2. The van der Waals surface area contributed by atoms with Crippen LogP contribution < -0.4 is 0 Å². The number of carbonyl (C=O) groups is 1. The molecule has 0 saturated carbocycles. The van der Waals surface area contributed by atoms with Gasteiger partial charge in [0.2, 0.25) is 0 Å². The Balaban J connectivity index is 2.19. The summed E-state index contributed by atoms with van der Waals surface area (Å²) in [4.78, 5) is 11.5. The zero-order valence-corrected chi connectivity index (χ0v) is 9.65. The Morgan fingerprint density at radius 1 is 1.24 bits per heavy atom. The van der Waals surface area contributed by atoms with E-state index in [2.05, 4.69) is 0 Å². The largest absolute Gasteiger partial charge is 0.478 e. The molecule has 5 heteroatoms. The summed E-state index contributed by atoms with van der Waals surface area (Å²) in [6.45, 7) is 0. The standard InChI is InChI=1S/C12H10O4S/c13-12(14)10-6-7-16-11(10)8-17(15)9-4-2-1-3-5-9/h1-7H,8H2,(H,13,14). The molecule has 17 heavy (non-hydrogen) atoms. The summed E-state index contributed by atoms with van der Waals surface area (Å²) in [5.74, 6) is -0.767. The Morgan fingerprint density at radius 2 is 1.94 bits per heavy atom. The molecule has 1 atom stereocenters. The second-order valence-electron chi connectivity index (χ2n) is 3.37. The molecule has 0 aliphatic rings. The highest BCUT2D eigenvalue weighted by Crippen LogP contribution is 2.16. The van der Waals surface area contributed by atoms with Crippen molar-refractivity contribution in [2.75, 3.05) is 0 Å². The highest BCUT2D eigenvalue weighted by Gasteiger charge is 2.16. The summed E-state index contributed by atoms with van der Waals surface area (Å²) in [5.41, 5.74) is 0.0641. The van der Waals surface area contributed by atoms with E-state index in [4.69, 9.17) is 9.52 Å². The van der Waals surface area contributed by atoms with Gasteiger partial charge in [0.15, 0.2) is 0 Å². The quantitative estimate of drug-likeness (QED) is 0.904. The second kappa shape index (κ2) is 4.97. The van der Waals surface area contributed by atoms with E-state index in [-0.39, 0.29) is 17.1 Å². The number of furan rings is 1. The van der Waals surface area contributed by atoms with Crippen molar-refractivity contribution < 1.29 is 18.5 Å². The minimum absolute atomic E-state index is 0.0641. The van der Waals surface area contributed by atoms with E-state index in [1.54, 1.807) is 24.3 Å². The van der Waals surface area contributed by atoms with E-state index < -0.39 is 16.8 Å². The van der Waals surface area contributed by atoms with Crippen LogP contribution in [0.1, 0.15) is 16.1 Å². The Bertz CT molecular complexity index is 545. The van der Waals surface area contributed by atoms with Gasteiger partial charge in [0.05, 0.1) is 22.8 Å². The molecular weight excluding hydrogens is 240 g/mol. The molecule has 2 aromatic rings. The van der Waals surface area contributed by atoms with Crippen molar-refractivity contribution in [3.8, 4) is 0 Å². The van der Waals surface area contributed by atoms with Crippen LogP contribution in [0.15, 0.2) is 52.0 Å². The zero-order chi connectivity index (χ0) is 12.3. The van der Waals surface area contributed by atoms with Crippen LogP contribution >= 0.6 is 0 Å². The van der Waals surface area contributed by atoms with Crippen molar-refractivity contribution in [2.45, 2.75) is 10.6 Å². The Kier molecular flexibility index (Phi) is 3.39. The molecule has 2 rings (SSSR count). The second-order valence-corrected chi connectivity index (χ2v) is 4.82. The van der Waals surface area contributed by atoms with Gasteiger partial charge in [-0.25, -0.2) is 4.79 Å². The molecule has 0 spiro atoms. The van der Waals surface area contributed by atoms with Crippen molar-refractivity contribution in [1.82, 2.24) is 0 Å². The van der Waals surface area contributed by atoms with Gasteiger partial charge in [-0.1, -0.05) is 18.2 Å². The maximum absolute atomic E-state index is 11.9. The maximum atomic E-state index is 11.9. The first-order valence-electron chi connectivity index (χ1n) is 4.91. The zero-order valence-electron chi connectivity index (χ0n) is 8.83. The first-order chi connectivity index (χ1) is 8.18. The monoisotopic (exact) mass is 250 g/mol. The Labute approximate surface area is 100 Å². The summed E-state index contributed by atoms with van der Waals surface area (Å²) < 4.78 is 17.0. The predicted molar refractivity (Wildman–Crippen MR) is 62.2 cm³/mol. The fraction of sp³-hybridized carbons (Fsp3) is 0.0833. The van der Waals surface area contributed by atoms with Crippen LogP contribution in [-0.4, -0.2) is 15.3 Å². The molecule has 0 saturated heterocycles. The molecule has 1 aromatic heterocycles. The van der Waals surface area contributed by atoms with E-state index in [0.717, 1.165) is 0 Å². The average molecular weight is 250 g/mol. The van der Waals surface area contributed by atoms with Gasteiger partial charge in [-0.05, 0) is 18.2 Å². The van der Waals surface area contributed by atoms with E-state index in [1.807, 2.05) is 6.07 Å². The van der Waals surface area contributed by atoms with Gasteiger partial charge in [0, 0.05) is 4.90 Å². The first kappa shape index (κ1) is 11.6. The van der Waals surface area contributed by atoms with Gasteiger partial charge in [-0.2, -0.15) is 0 Å². The van der Waals surface area contributed by atoms with E-state index >= 15 is 0 Å². The van der Waals surface area contributed by atoms with Crippen molar-refractivity contribution in [1.29, 1.82) is 0 Å². The van der Waals surface area contributed by atoms with E-state index in [9.17, 15) is 9.00 Å². The Hall–Kier alpha value is -1.88. The molecule has 0 bridgehead atoms. The lowest BCUT2D eigenvalue weighted by Crippen LogP contribution is -2.02. The molecule has 1 heterocycles. The minimum atomic E-state index is -1.30. The summed E-state index contributed by atoms with van der Waals surface area (Å²) >= 11 is 0. The lowest BCUT2D eigenvalue weighted by Gasteiger charge is -2.00. The number of rotatable bonds is 4. The van der Waals surface area contributed by atoms with E-state index in [1.165, 1.54) is 12.3 Å². The summed E-state index contributed by atoms with van der Waals surface area (Å²) in [6, 6.07) is 10.2. The van der Waals surface area contributed by atoms with Gasteiger partial charge in [0.1, 0.15) is 11.3 Å². The summed E-state index contributed by atoms with van der Waals surface area (Å²) in [5, 5.41) is 8.88. The smallest absolute Gasteiger partial charge is 0.339 e. The molecule has 0 radical (unpaired) electrons. The molecule has 0 fully saturated rings. The van der Waals surface area contributed by atoms with E-state index in [0.29, 0.717) is 4.90 Å². The number of carboxylic acids is 1. The van der Waals surface area contributed by atoms with Crippen LogP contribution in [0.25, 0.3) is 0 Å². The number of aromatic carboxylic acids is 1. The fourth-order valence-corrected chi connectivity index (χ4v) is 2.51. The van der Waals surface area contributed by atoms with Crippen LogP contribution in [0.3, 0.4) is 0 Å². The van der Waals surface area contributed by atoms with Crippen molar-refractivity contribution in [3.63, 3.8) is 0 Å². The molecule has 4 nitrogen and oxygen atoms in total. The predicted octanol–water partition coefficient (Wildman–Crippen LogP) is 2.29. The molecule has 0 aliphatic carbocycles. The number of hydrogen-bond acceptors (Lipinski definition) is 3. The van der Waals surface area contributed by atoms with Gasteiger partial charge < -0.3 is 9.52 Å². The number of benzene rings is 1. The molecule has 1 N–H and O–H groups in total. The van der Waals surface area contributed by atoms with Crippen LogP contribution in [0.5, 0.6) is 0 Å². The lowest BCUT2D eigenvalue weighted by molar-refractivity contribution is 0.0695. The number of carboxylic acid groups (broad SMARTS) is 1. The molecule has 88 valence electrons. The van der Waals surface area contributed by atoms with Gasteiger partial charge >= 0.3 is 5.97 Å².